The molecule has 0 bridgehead atoms. The predicted molar refractivity (Wildman–Crippen MR) is 87.6 cm³/mol. The summed E-state index contributed by atoms with van der Waals surface area (Å²) in [6.45, 7) is 2.91. The second kappa shape index (κ2) is 7.81. The fraction of sp³-hybridized carbons (Fsp3) is 0.588. The van der Waals surface area contributed by atoms with Crippen LogP contribution in [0.15, 0.2) is 30.3 Å². The van der Waals surface area contributed by atoms with E-state index in [1.165, 1.54) is 12.0 Å². The second-order valence-corrected chi connectivity index (χ2v) is 5.98. The number of piperidine rings is 2. The normalized spacial score (nSPS) is 23.4. The minimum absolute atomic E-state index is 0. The third-order valence-corrected chi connectivity index (χ3v) is 4.66. The number of likely N-dealkylation sites (tertiary alicyclic amines) is 1. The molecule has 21 heavy (non-hydrogen) atoms. The fourth-order valence-corrected chi connectivity index (χ4v) is 3.52. The van der Waals surface area contributed by atoms with Crippen LogP contribution in [-0.2, 0) is 4.79 Å². The van der Waals surface area contributed by atoms with E-state index in [0.717, 1.165) is 45.3 Å². The molecule has 116 valence electrons. The molecule has 2 saturated heterocycles. The summed E-state index contributed by atoms with van der Waals surface area (Å²) < 4.78 is 0. The first kappa shape index (κ1) is 16.3. The molecular formula is C17H25ClN2O. The zero-order valence-electron chi connectivity index (χ0n) is 12.5. The second-order valence-electron chi connectivity index (χ2n) is 5.98. The monoisotopic (exact) mass is 308 g/mol. The number of halogens is 1. The molecule has 1 aromatic rings. The summed E-state index contributed by atoms with van der Waals surface area (Å²) in [6, 6.07) is 10.8. The fourth-order valence-electron chi connectivity index (χ4n) is 3.52. The SMILES string of the molecule is Cl.O=C(C1CCNCC1)N1CCCCC1c1ccccc1. The molecule has 0 spiro atoms. The average molecular weight is 309 g/mol. The van der Waals surface area contributed by atoms with Crippen LogP contribution in [-0.4, -0.2) is 30.4 Å². The summed E-state index contributed by atoms with van der Waals surface area (Å²) in [5, 5.41) is 3.34. The molecule has 3 nitrogen and oxygen atoms in total. The number of nitrogens with zero attached hydrogens (tertiary/aromatic N) is 1. The van der Waals surface area contributed by atoms with Crippen LogP contribution in [0, 0.1) is 5.92 Å². The smallest absolute Gasteiger partial charge is 0.226 e. The topological polar surface area (TPSA) is 32.3 Å². The number of hydrogen-bond donors (Lipinski definition) is 1. The Morgan fingerprint density at radius 3 is 2.48 bits per heavy atom. The van der Waals surface area contributed by atoms with Crippen LogP contribution in [0.4, 0.5) is 0 Å². The van der Waals surface area contributed by atoms with E-state index in [1.807, 2.05) is 6.07 Å². The van der Waals surface area contributed by atoms with E-state index in [2.05, 4.69) is 34.5 Å². The number of carbonyl (C=O) groups excluding carboxylic acids is 1. The summed E-state index contributed by atoms with van der Waals surface area (Å²) in [6.07, 6.45) is 5.49. The molecule has 0 saturated carbocycles. The number of amides is 1. The lowest BCUT2D eigenvalue weighted by Crippen LogP contribution is -2.44. The first-order valence-corrected chi connectivity index (χ1v) is 7.92. The molecule has 3 rings (SSSR count). The van der Waals surface area contributed by atoms with Crippen molar-refractivity contribution in [1.29, 1.82) is 0 Å². The number of benzene rings is 1. The lowest BCUT2D eigenvalue weighted by molar-refractivity contribution is -0.140. The largest absolute Gasteiger partial charge is 0.335 e. The van der Waals surface area contributed by atoms with Gasteiger partial charge in [-0.2, -0.15) is 0 Å². The molecule has 4 heteroatoms. The number of nitrogens with one attached hydrogen (secondary N) is 1. The van der Waals surface area contributed by atoms with Crippen LogP contribution < -0.4 is 5.32 Å². The van der Waals surface area contributed by atoms with Crippen molar-refractivity contribution in [2.75, 3.05) is 19.6 Å². The predicted octanol–water partition coefficient (Wildman–Crippen LogP) is 3.16. The maximum absolute atomic E-state index is 12.8. The molecule has 2 aliphatic heterocycles. The van der Waals surface area contributed by atoms with E-state index < -0.39 is 0 Å². The van der Waals surface area contributed by atoms with Gasteiger partial charge in [-0.3, -0.25) is 4.79 Å². The molecule has 1 aromatic carbocycles. The summed E-state index contributed by atoms with van der Waals surface area (Å²) in [5.74, 6) is 0.626. The van der Waals surface area contributed by atoms with Gasteiger partial charge < -0.3 is 10.2 Å². The van der Waals surface area contributed by atoms with Crippen LogP contribution >= 0.6 is 12.4 Å². The molecule has 1 unspecified atom stereocenters. The van der Waals surface area contributed by atoms with Crippen LogP contribution in [0.2, 0.25) is 0 Å². The van der Waals surface area contributed by atoms with Crippen molar-refractivity contribution in [2.24, 2.45) is 5.92 Å². The van der Waals surface area contributed by atoms with Gasteiger partial charge in [0.2, 0.25) is 5.91 Å². The number of hydrogen-bond acceptors (Lipinski definition) is 2. The van der Waals surface area contributed by atoms with Gasteiger partial charge in [0.1, 0.15) is 0 Å². The summed E-state index contributed by atoms with van der Waals surface area (Å²) in [7, 11) is 0. The molecular weight excluding hydrogens is 284 g/mol. The molecule has 0 aromatic heterocycles. The summed E-state index contributed by atoms with van der Waals surface area (Å²) in [5.41, 5.74) is 1.30. The molecule has 0 aliphatic carbocycles. The van der Waals surface area contributed by atoms with Crippen molar-refractivity contribution in [3.05, 3.63) is 35.9 Å². The molecule has 2 heterocycles. The van der Waals surface area contributed by atoms with Gasteiger partial charge in [0.25, 0.3) is 0 Å². The van der Waals surface area contributed by atoms with Gasteiger partial charge in [0.05, 0.1) is 6.04 Å². The van der Waals surface area contributed by atoms with Crippen molar-refractivity contribution in [1.82, 2.24) is 10.2 Å². The molecule has 0 radical (unpaired) electrons. The van der Waals surface area contributed by atoms with E-state index >= 15 is 0 Å². The molecule has 2 aliphatic rings. The third kappa shape index (κ3) is 3.78. The average Bonchev–Trinajstić information content (AvgIpc) is 2.56. The maximum atomic E-state index is 12.8. The van der Waals surface area contributed by atoms with Crippen molar-refractivity contribution >= 4 is 18.3 Å². The van der Waals surface area contributed by atoms with Gasteiger partial charge in [0, 0.05) is 12.5 Å². The highest BCUT2D eigenvalue weighted by Gasteiger charge is 2.32. The Morgan fingerprint density at radius 2 is 1.76 bits per heavy atom. The van der Waals surface area contributed by atoms with Gasteiger partial charge in [0.15, 0.2) is 0 Å². The van der Waals surface area contributed by atoms with E-state index in [0.29, 0.717) is 11.9 Å². The van der Waals surface area contributed by atoms with Gasteiger partial charge >= 0.3 is 0 Å². The number of rotatable bonds is 2. The molecule has 1 amide bonds. The van der Waals surface area contributed by atoms with E-state index in [9.17, 15) is 4.79 Å². The lowest BCUT2D eigenvalue weighted by Gasteiger charge is -2.39. The van der Waals surface area contributed by atoms with Crippen molar-refractivity contribution in [3.8, 4) is 0 Å². The maximum Gasteiger partial charge on any atom is 0.226 e. The van der Waals surface area contributed by atoms with Gasteiger partial charge in [-0.15, -0.1) is 12.4 Å². The van der Waals surface area contributed by atoms with E-state index in [-0.39, 0.29) is 18.3 Å². The van der Waals surface area contributed by atoms with Gasteiger partial charge in [-0.25, -0.2) is 0 Å². The Labute approximate surface area is 133 Å². The Kier molecular flexibility index (Phi) is 6.07. The van der Waals surface area contributed by atoms with Crippen molar-refractivity contribution in [2.45, 2.75) is 38.1 Å². The van der Waals surface area contributed by atoms with Gasteiger partial charge in [-0.05, 0) is 50.8 Å². The minimum Gasteiger partial charge on any atom is -0.335 e. The highest BCUT2D eigenvalue weighted by molar-refractivity contribution is 5.85. The Balaban J connectivity index is 0.00000161. The van der Waals surface area contributed by atoms with Crippen LogP contribution in [0.25, 0.3) is 0 Å². The zero-order valence-corrected chi connectivity index (χ0v) is 13.3. The quantitative estimate of drug-likeness (QED) is 0.910. The lowest BCUT2D eigenvalue weighted by atomic mass is 9.91. The van der Waals surface area contributed by atoms with Crippen LogP contribution in [0.3, 0.4) is 0 Å². The van der Waals surface area contributed by atoms with Gasteiger partial charge in [-0.1, -0.05) is 30.3 Å². The Bertz CT molecular complexity index is 445. The highest BCUT2D eigenvalue weighted by Crippen LogP contribution is 2.33. The number of carbonyl (C=O) groups is 1. The summed E-state index contributed by atoms with van der Waals surface area (Å²) in [4.78, 5) is 15.0. The Morgan fingerprint density at radius 1 is 1.05 bits per heavy atom. The first-order chi connectivity index (χ1) is 9.86. The molecule has 1 N–H and O–H groups in total. The van der Waals surface area contributed by atoms with Crippen LogP contribution in [0.1, 0.15) is 43.7 Å². The van der Waals surface area contributed by atoms with E-state index in [1.54, 1.807) is 0 Å². The zero-order chi connectivity index (χ0) is 13.8. The van der Waals surface area contributed by atoms with Crippen molar-refractivity contribution < 1.29 is 4.79 Å². The van der Waals surface area contributed by atoms with Crippen molar-refractivity contribution in [3.63, 3.8) is 0 Å². The molecule has 1 atom stereocenters. The molecule has 2 fully saturated rings. The minimum atomic E-state index is 0. The third-order valence-electron chi connectivity index (χ3n) is 4.66. The summed E-state index contributed by atoms with van der Waals surface area (Å²) >= 11 is 0. The van der Waals surface area contributed by atoms with E-state index in [4.69, 9.17) is 0 Å². The standard InChI is InChI=1S/C17H24N2O.ClH/c20-17(15-9-11-18-12-10-15)19-13-5-4-8-16(19)14-6-2-1-3-7-14;/h1-3,6-7,15-16,18H,4-5,8-13H2;1H. The highest BCUT2D eigenvalue weighted by atomic mass is 35.5. The Hall–Kier alpha value is -1.06. The first-order valence-electron chi connectivity index (χ1n) is 7.92. The van der Waals surface area contributed by atoms with Crippen LogP contribution in [0.5, 0.6) is 0 Å².